The summed E-state index contributed by atoms with van der Waals surface area (Å²) in [5, 5.41) is 103. The minimum atomic E-state index is -1.93. The number of carbonyl (C=O) groups is 1. The van der Waals surface area contributed by atoms with Crippen molar-refractivity contribution in [2.45, 2.75) is 99.0 Å². The average molecular weight is 545 g/mol. The number of rotatable bonds is 8. The summed E-state index contributed by atoms with van der Waals surface area (Å²) in [6.45, 7) is -1.21. The van der Waals surface area contributed by atoms with Gasteiger partial charge in [0.25, 0.3) is 0 Å². The van der Waals surface area contributed by atoms with Crippen molar-refractivity contribution in [3.05, 3.63) is 0 Å². The highest BCUT2D eigenvalue weighted by Crippen LogP contribution is 2.32. The molecule has 0 spiro atoms. The number of ether oxygens (including phenoxy) is 5. The minimum absolute atomic E-state index is 0.637. The van der Waals surface area contributed by atoms with Crippen LogP contribution in [0.25, 0.3) is 0 Å². The Kier molecular flexibility index (Phi) is 10.5. The van der Waals surface area contributed by atoms with Gasteiger partial charge in [0.05, 0.1) is 19.8 Å². The lowest BCUT2D eigenvalue weighted by Crippen LogP contribution is -2.68. The highest BCUT2D eigenvalue weighted by molar-refractivity contribution is 5.73. The molecule has 0 unspecified atom stereocenters. The van der Waals surface area contributed by atoms with Crippen LogP contribution in [0.5, 0.6) is 0 Å². The molecule has 1 amide bonds. The van der Waals surface area contributed by atoms with E-state index in [1.54, 1.807) is 0 Å². The SMILES string of the molecule is CC(=O)N[C@@H]1[C@@H](O[C@@H]2O[C@H](CO)[C@H](O[C@H]3O[C@H](CO)[C@H](O)[C@H](O)[C@H]3O)[C@H](O)[C@H]2O)[C@H](O)[C@@H](CO)O[C@@H]1O. The van der Waals surface area contributed by atoms with Gasteiger partial charge in [-0.15, -0.1) is 0 Å². The lowest BCUT2D eigenvalue weighted by Gasteiger charge is -2.48. The van der Waals surface area contributed by atoms with E-state index < -0.39 is 118 Å². The lowest BCUT2D eigenvalue weighted by molar-refractivity contribution is -0.372. The summed E-state index contributed by atoms with van der Waals surface area (Å²) >= 11 is 0. The van der Waals surface area contributed by atoms with Crippen LogP contribution in [-0.4, -0.2) is 169 Å². The van der Waals surface area contributed by atoms with Gasteiger partial charge in [-0.05, 0) is 0 Å². The molecule has 0 radical (unpaired) electrons. The van der Waals surface area contributed by atoms with Crippen LogP contribution in [0.1, 0.15) is 6.92 Å². The Morgan fingerprint density at radius 2 is 1.14 bits per heavy atom. The van der Waals surface area contributed by atoms with Crippen LogP contribution in [0.4, 0.5) is 0 Å². The predicted octanol–water partition coefficient (Wildman–Crippen LogP) is -7.43. The van der Waals surface area contributed by atoms with Crippen LogP contribution in [0.3, 0.4) is 0 Å². The molecule has 3 aliphatic rings. The molecule has 15 atom stereocenters. The van der Waals surface area contributed by atoms with E-state index in [4.69, 9.17) is 23.7 Å². The van der Waals surface area contributed by atoms with Crippen molar-refractivity contribution in [2.24, 2.45) is 0 Å². The first-order chi connectivity index (χ1) is 17.4. The standard InChI is InChI=1S/C20H35NO16/c1-5(25)21-9-17(11(27)7(3-23)33-18(9)32)37-20-15(31)13(29)16(8(4-24)35-20)36-19-14(30)12(28)10(26)6(2-22)34-19/h6-20,22-24,26-32H,2-4H2,1H3,(H,21,25)/t6-,7-,8-,9-,10+,11-,12+,13-,14-,15-,16+,17-,18+,19-,20+/m1/s1. The van der Waals surface area contributed by atoms with Crippen LogP contribution in [0.2, 0.25) is 0 Å². The van der Waals surface area contributed by atoms with Crippen molar-refractivity contribution >= 4 is 5.91 Å². The topological polar surface area (TPSA) is 278 Å². The van der Waals surface area contributed by atoms with E-state index in [-0.39, 0.29) is 0 Å². The van der Waals surface area contributed by atoms with Gasteiger partial charge in [-0.3, -0.25) is 4.79 Å². The number of aliphatic hydroxyl groups excluding tert-OH is 10. The van der Waals surface area contributed by atoms with Crippen molar-refractivity contribution in [2.75, 3.05) is 19.8 Å². The maximum Gasteiger partial charge on any atom is 0.217 e. The molecule has 17 heteroatoms. The zero-order chi connectivity index (χ0) is 27.6. The number of hydrogen-bond acceptors (Lipinski definition) is 16. The molecule has 3 fully saturated rings. The quantitative estimate of drug-likeness (QED) is 0.135. The first-order valence-electron chi connectivity index (χ1n) is 11.6. The van der Waals surface area contributed by atoms with Crippen molar-refractivity contribution in [3.8, 4) is 0 Å². The number of carbonyl (C=O) groups excluding carboxylic acids is 1. The molecule has 0 bridgehead atoms. The van der Waals surface area contributed by atoms with Gasteiger partial charge in [0.1, 0.15) is 73.2 Å². The van der Waals surface area contributed by atoms with Crippen LogP contribution in [0.15, 0.2) is 0 Å². The van der Waals surface area contributed by atoms with E-state index in [1.807, 2.05) is 0 Å². The Labute approximate surface area is 210 Å². The molecule has 0 aromatic carbocycles. The van der Waals surface area contributed by atoms with Crippen molar-refractivity contribution < 1.29 is 79.5 Å². The maximum absolute atomic E-state index is 11.6. The molecule has 37 heavy (non-hydrogen) atoms. The molecule has 0 saturated carbocycles. The monoisotopic (exact) mass is 545 g/mol. The first kappa shape index (κ1) is 30.4. The fourth-order valence-corrected chi connectivity index (χ4v) is 4.46. The zero-order valence-corrected chi connectivity index (χ0v) is 19.7. The predicted molar refractivity (Wildman–Crippen MR) is 113 cm³/mol. The Hall–Kier alpha value is -1.13. The molecule has 11 N–H and O–H groups in total. The van der Waals surface area contributed by atoms with Crippen LogP contribution in [0, 0.1) is 0 Å². The summed E-state index contributed by atoms with van der Waals surface area (Å²) in [6, 6.07) is -1.39. The van der Waals surface area contributed by atoms with E-state index in [9.17, 15) is 55.9 Å². The Bertz CT molecular complexity index is 743. The summed E-state index contributed by atoms with van der Waals surface area (Å²) in [5.74, 6) is -0.637. The minimum Gasteiger partial charge on any atom is -0.394 e. The normalized spacial score (nSPS) is 49.0. The molecule has 3 aliphatic heterocycles. The van der Waals surface area contributed by atoms with Gasteiger partial charge in [-0.25, -0.2) is 0 Å². The van der Waals surface area contributed by atoms with Gasteiger partial charge in [0.15, 0.2) is 18.9 Å². The van der Waals surface area contributed by atoms with E-state index in [0.29, 0.717) is 0 Å². The van der Waals surface area contributed by atoms with Crippen LogP contribution < -0.4 is 5.32 Å². The van der Waals surface area contributed by atoms with E-state index in [2.05, 4.69) is 5.32 Å². The van der Waals surface area contributed by atoms with Crippen molar-refractivity contribution in [3.63, 3.8) is 0 Å². The Morgan fingerprint density at radius 3 is 1.68 bits per heavy atom. The highest BCUT2D eigenvalue weighted by Gasteiger charge is 2.53. The Morgan fingerprint density at radius 1 is 0.649 bits per heavy atom. The Balaban J connectivity index is 1.76. The third-order valence-corrected chi connectivity index (χ3v) is 6.49. The molecule has 3 rings (SSSR count). The zero-order valence-electron chi connectivity index (χ0n) is 19.7. The van der Waals surface area contributed by atoms with Crippen molar-refractivity contribution in [1.82, 2.24) is 5.32 Å². The molecule has 216 valence electrons. The van der Waals surface area contributed by atoms with E-state index >= 15 is 0 Å². The van der Waals surface area contributed by atoms with Gasteiger partial charge < -0.3 is 80.1 Å². The number of hydrogen-bond donors (Lipinski definition) is 11. The third-order valence-electron chi connectivity index (χ3n) is 6.49. The summed E-state index contributed by atoms with van der Waals surface area (Å²) in [7, 11) is 0. The second kappa shape index (κ2) is 12.8. The lowest BCUT2D eigenvalue weighted by atomic mass is 9.95. The maximum atomic E-state index is 11.6. The molecule has 3 heterocycles. The summed E-state index contributed by atoms with van der Waals surface area (Å²) in [5.41, 5.74) is 0. The fourth-order valence-electron chi connectivity index (χ4n) is 4.46. The third kappa shape index (κ3) is 6.38. The van der Waals surface area contributed by atoms with Gasteiger partial charge in [-0.1, -0.05) is 0 Å². The second-order valence-electron chi connectivity index (χ2n) is 9.07. The number of amides is 1. The van der Waals surface area contributed by atoms with Crippen molar-refractivity contribution in [1.29, 1.82) is 0 Å². The number of aliphatic hydroxyl groups is 10. The smallest absolute Gasteiger partial charge is 0.217 e. The molecule has 0 aromatic rings. The van der Waals surface area contributed by atoms with Gasteiger partial charge in [0.2, 0.25) is 5.91 Å². The first-order valence-corrected chi connectivity index (χ1v) is 11.6. The molecular formula is C20H35NO16. The van der Waals surface area contributed by atoms with Crippen LogP contribution >= 0.6 is 0 Å². The van der Waals surface area contributed by atoms with Gasteiger partial charge >= 0.3 is 0 Å². The molecule has 0 aromatic heterocycles. The van der Waals surface area contributed by atoms with E-state index in [0.717, 1.165) is 6.92 Å². The highest BCUT2D eigenvalue weighted by atomic mass is 16.7. The second-order valence-corrected chi connectivity index (χ2v) is 9.07. The molecule has 0 aliphatic carbocycles. The molecular weight excluding hydrogens is 510 g/mol. The number of nitrogens with one attached hydrogen (secondary N) is 1. The largest absolute Gasteiger partial charge is 0.394 e. The van der Waals surface area contributed by atoms with Crippen LogP contribution in [-0.2, 0) is 28.5 Å². The van der Waals surface area contributed by atoms with E-state index in [1.165, 1.54) is 0 Å². The average Bonchev–Trinajstić information content (AvgIpc) is 2.87. The summed E-state index contributed by atoms with van der Waals surface area (Å²) in [6.07, 6.45) is -23.3. The molecule has 17 nitrogen and oxygen atoms in total. The van der Waals surface area contributed by atoms with Gasteiger partial charge in [-0.2, -0.15) is 0 Å². The molecule has 3 saturated heterocycles. The fraction of sp³-hybridized carbons (Fsp3) is 0.950. The summed E-state index contributed by atoms with van der Waals surface area (Å²) in [4.78, 5) is 11.6. The summed E-state index contributed by atoms with van der Waals surface area (Å²) < 4.78 is 26.9. The van der Waals surface area contributed by atoms with Gasteiger partial charge in [0, 0.05) is 6.92 Å².